The Morgan fingerprint density at radius 2 is 1.90 bits per heavy atom. The first kappa shape index (κ1) is 9.74. The number of carbonyl (C=O) groups is 1. The van der Waals surface area contributed by atoms with Crippen LogP contribution in [-0.4, -0.2) is 24.1 Å². The van der Waals surface area contributed by atoms with E-state index in [1.807, 2.05) is 0 Å². The van der Waals surface area contributed by atoms with Crippen molar-refractivity contribution in [3.8, 4) is 0 Å². The lowest BCUT2D eigenvalue weighted by atomic mass is 10.4. The van der Waals surface area contributed by atoms with Crippen LogP contribution in [0, 0.1) is 0 Å². The lowest BCUT2D eigenvalue weighted by Gasteiger charge is -2.17. The van der Waals surface area contributed by atoms with E-state index in [0.29, 0.717) is 6.61 Å². The van der Waals surface area contributed by atoms with Crippen LogP contribution in [-0.2, 0) is 9.53 Å². The SMILES string of the molecule is FC(F)F.O=C1OCC1Br. The van der Waals surface area contributed by atoms with Gasteiger partial charge in [-0.2, -0.15) is 13.2 Å². The Hall–Kier alpha value is -0.260. The number of halogens is 4. The van der Waals surface area contributed by atoms with Gasteiger partial charge in [-0.3, -0.25) is 4.79 Å². The molecular weight excluding hydrogens is 217 g/mol. The van der Waals surface area contributed by atoms with Crippen LogP contribution in [0.5, 0.6) is 0 Å². The molecule has 1 unspecified atom stereocenters. The van der Waals surface area contributed by atoms with Gasteiger partial charge in [0.15, 0.2) is 0 Å². The summed E-state index contributed by atoms with van der Waals surface area (Å²) in [5.41, 5.74) is 0. The fourth-order valence-electron chi connectivity index (χ4n) is 0.214. The predicted octanol–water partition coefficient (Wildman–Crippen LogP) is 1.49. The van der Waals surface area contributed by atoms with Gasteiger partial charge < -0.3 is 4.74 Å². The van der Waals surface area contributed by atoms with E-state index in [1.165, 1.54) is 0 Å². The lowest BCUT2D eigenvalue weighted by Crippen LogP contribution is -2.34. The normalized spacial score (nSPS) is 22.5. The van der Waals surface area contributed by atoms with Crippen molar-refractivity contribution < 1.29 is 22.7 Å². The Morgan fingerprint density at radius 3 is 1.90 bits per heavy atom. The van der Waals surface area contributed by atoms with Crippen molar-refractivity contribution in [1.29, 1.82) is 0 Å². The summed E-state index contributed by atoms with van der Waals surface area (Å²) < 4.78 is 33.4. The molecule has 1 heterocycles. The molecule has 1 fully saturated rings. The van der Waals surface area contributed by atoms with Gasteiger partial charge in [-0.25, -0.2) is 0 Å². The molecule has 1 atom stereocenters. The Bertz CT molecular complexity index is 116. The van der Waals surface area contributed by atoms with Crippen LogP contribution in [0.25, 0.3) is 0 Å². The molecule has 0 N–H and O–H groups in total. The first-order valence-electron chi connectivity index (χ1n) is 2.27. The van der Waals surface area contributed by atoms with Crippen LogP contribution in [0.2, 0.25) is 0 Å². The van der Waals surface area contributed by atoms with Crippen molar-refractivity contribution in [3.05, 3.63) is 0 Å². The summed E-state index contributed by atoms with van der Waals surface area (Å²) in [6, 6.07) is 0. The van der Waals surface area contributed by atoms with Crippen LogP contribution in [0.4, 0.5) is 13.2 Å². The van der Waals surface area contributed by atoms with Gasteiger partial charge in [0.2, 0.25) is 0 Å². The van der Waals surface area contributed by atoms with Crippen LogP contribution >= 0.6 is 15.9 Å². The molecule has 1 saturated heterocycles. The van der Waals surface area contributed by atoms with E-state index in [-0.39, 0.29) is 10.8 Å². The second-order valence-electron chi connectivity index (χ2n) is 1.35. The first-order chi connectivity index (χ1) is 4.54. The quantitative estimate of drug-likeness (QED) is 0.457. The Morgan fingerprint density at radius 1 is 1.60 bits per heavy atom. The number of rotatable bonds is 0. The summed E-state index contributed by atoms with van der Waals surface area (Å²) in [5.74, 6) is -0.144. The van der Waals surface area contributed by atoms with E-state index >= 15 is 0 Å². The molecule has 0 aromatic carbocycles. The zero-order valence-electron chi connectivity index (χ0n) is 4.69. The van der Waals surface area contributed by atoms with Crippen molar-refractivity contribution in [2.45, 2.75) is 11.5 Å². The van der Waals surface area contributed by atoms with Gasteiger partial charge >= 0.3 is 12.6 Å². The molecule has 10 heavy (non-hydrogen) atoms. The largest absolute Gasteiger partial charge is 0.463 e. The Kier molecular flexibility index (Phi) is 4.42. The average Bonchev–Trinajstić information content (AvgIpc) is 1.83. The van der Waals surface area contributed by atoms with Gasteiger partial charge in [0.25, 0.3) is 0 Å². The smallest absolute Gasteiger partial charge is 0.379 e. The zero-order chi connectivity index (χ0) is 8.15. The zero-order valence-corrected chi connectivity index (χ0v) is 6.28. The fourth-order valence-corrected chi connectivity index (χ4v) is 0.479. The standard InChI is InChI=1S/C3H3BrO2.CHF3/c4-2-1-6-3(2)5;2-1(3)4/h2H,1H2;1H. The Balaban J connectivity index is 0.000000180. The highest BCUT2D eigenvalue weighted by Crippen LogP contribution is 2.11. The highest BCUT2D eigenvalue weighted by atomic mass is 79.9. The van der Waals surface area contributed by atoms with E-state index in [9.17, 15) is 18.0 Å². The summed E-state index contributed by atoms with van der Waals surface area (Å²) in [7, 11) is 0. The molecule has 0 spiro atoms. The van der Waals surface area contributed by atoms with Crippen LogP contribution in [0.1, 0.15) is 0 Å². The van der Waals surface area contributed by atoms with Gasteiger partial charge in [-0.1, -0.05) is 15.9 Å². The van der Waals surface area contributed by atoms with Crippen molar-refractivity contribution in [2.24, 2.45) is 0 Å². The predicted molar refractivity (Wildman–Crippen MR) is 30.8 cm³/mol. The van der Waals surface area contributed by atoms with Gasteiger partial charge in [-0.05, 0) is 0 Å². The molecule has 0 aromatic heterocycles. The molecule has 6 heteroatoms. The van der Waals surface area contributed by atoms with E-state index in [0.717, 1.165) is 0 Å². The minimum Gasteiger partial charge on any atom is -0.463 e. The maximum atomic E-state index is 9.96. The third-order valence-electron chi connectivity index (χ3n) is 0.628. The molecule has 1 aliphatic rings. The number of alkyl halides is 4. The number of esters is 1. The number of hydrogen-bond donors (Lipinski definition) is 0. The molecule has 1 aliphatic heterocycles. The number of ether oxygens (including phenoxy) is 1. The topological polar surface area (TPSA) is 26.3 Å². The van der Waals surface area contributed by atoms with Crippen LogP contribution in [0.15, 0.2) is 0 Å². The number of cyclic esters (lactones) is 1. The molecule has 0 bridgehead atoms. The third-order valence-corrected chi connectivity index (χ3v) is 1.27. The fraction of sp³-hybridized carbons (Fsp3) is 0.750. The minimum atomic E-state index is -3.67. The summed E-state index contributed by atoms with van der Waals surface area (Å²) in [6.07, 6.45) is 0. The van der Waals surface area contributed by atoms with E-state index in [1.54, 1.807) is 0 Å². The third kappa shape index (κ3) is 4.60. The van der Waals surface area contributed by atoms with Gasteiger partial charge in [0.1, 0.15) is 11.4 Å². The van der Waals surface area contributed by atoms with Crippen LogP contribution in [0.3, 0.4) is 0 Å². The van der Waals surface area contributed by atoms with Crippen molar-refractivity contribution in [2.75, 3.05) is 6.61 Å². The molecule has 1 rings (SSSR count). The molecular formula is C4H4BrF3O2. The van der Waals surface area contributed by atoms with Crippen molar-refractivity contribution >= 4 is 21.9 Å². The van der Waals surface area contributed by atoms with Gasteiger partial charge in [0, 0.05) is 0 Å². The van der Waals surface area contributed by atoms with Crippen molar-refractivity contribution in [1.82, 2.24) is 0 Å². The average molecular weight is 221 g/mol. The minimum absolute atomic E-state index is 0.0162. The first-order valence-corrected chi connectivity index (χ1v) is 3.18. The molecule has 0 aliphatic carbocycles. The Labute approximate surface area is 63.5 Å². The lowest BCUT2D eigenvalue weighted by molar-refractivity contribution is -0.155. The summed E-state index contributed by atoms with van der Waals surface area (Å²) >= 11 is 3.05. The molecule has 0 amide bonds. The monoisotopic (exact) mass is 220 g/mol. The summed E-state index contributed by atoms with van der Waals surface area (Å²) in [6.45, 7) is -3.13. The maximum absolute atomic E-state index is 9.96. The van der Waals surface area contributed by atoms with E-state index in [4.69, 9.17) is 0 Å². The number of hydrogen-bond acceptors (Lipinski definition) is 2. The number of carbonyl (C=O) groups excluding carboxylic acids is 1. The summed E-state index contributed by atoms with van der Waals surface area (Å²) in [4.78, 5) is 9.95. The maximum Gasteiger partial charge on any atom is 0.379 e. The van der Waals surface area contributed by atoms with E-state index < -0.39 is 6.68 Å². The molecule has 60 valence electrons. The van der Waals surface area contributed by atoms with Crippen molar-refractivity contribution in [3.63, 3.8) is 0 Å². The molecule has 0 radical (unpaired) electrons. The molecule has 0 aromatic rings. The van der Waals surface area contributed by atoms with E-state index in [2.05, 4.69) is 20.7 Å². The van der Waals surface area contributed by atoms with Crippen LogP contribution < -0.4 is 0 Å². The van der Waals surface area contributed by atoms with Gasteiger partial charge in [0.05, 0.1) is 0 Å². The second-order valence-corrected chi connectivity index (χ2v) is 2.45. The molecule has 0 saturated carbocycles. The molecule has 2 nitrogen and oxygen atoms in total. The summed E-state index contributed by atoms with van der Waals surface area (Å²) in [5, 5.41) is 0. The second kappa shape index (κ2) is 4.54. The highest BCUT2D eigenvalue weighted by molar-refractivity contribution is 9.10. The van der Waals surface area contributed by atoms with Gasteiger partial charge in [-0.15, -0.1) is 0 Å². The highest BCUT2D eigenvalue weighted by Gasteiger charge is 2.26.